The van der Waals surface area contributed by atoms with Gasteiger partial charge in [-0.2, -0.15) is 5.06 Å². The molecule has 0 aromatic heterocycles. The first-order chi connectivity index (χ1) is 12.1. The average molecular weight is 383 g/mol. The first kappa shape index (κ1) is 28.6. The summed E-state index contributed by atoms with van der Waals surface area (Å²) in [5.74, 6) is -0.994. The summed E-state index contributed by atoms with van der Waals surface area (Å²) < 4.78 is 0. The second-order valence-corrected chi connectivity index (χ2v) is 7.11. The Hall–Kier alpha value is 0.350. The van der Waals surface area contributed by atoms with E-state index in [0.29, 0.717) is 6.54 Å². The SMILES string of the molecule is CCCCCCCCCCCCCCN(CC)CCN(O)CC(=O)O.[H-].[Na+]. The Kier molecular flexibility index (Phi) is 23.8. The van der Waals surface area contributed by atoms with E-state index in [1.807, 2.05) is 0 Å². The summed E-state index contributed by atoms with van der Waals surface area (Å²) in [6, 6.07) is 0. The third-order valence-corrected chi connectivity index (χ3v) is 4.77. The van der Waals surface area contributed by atoms with E-state index in [9.17, 15) is 10.0 Å². The molecule has 0 aromatic carbocycles. The van der Waals surface area contributed by atoms with E-state index in [4.69, 9.17) is 5.11 Å². The number of hydrogen-bond donors (Lipinski definition) is 2. The molecule has 0 saturated heterocycles. The van der Waals surface area contributed by atoms with Crippen LogP contribution in [0, 0.1) is 0 Å². The molecular weight excluding hydrogens is 339 g/mol. The molecule has 0 aliphatic rings. The van der Waals surface area contributed by atoms with Crippen LogP contribution in [0.25, 0.3) is 0 Å². The molecule has 0 atom stereocenters. The second kappa shape index (κ2) is 21.6. The van der Waals surface area contributed by atoms with Gasteiger partial charge in [0.1, 0.15) is 6.54 Å². The number of likely N-dealkylation sites (N-methyl/N-ethyl adjacent to an activating group) is 1. The Labute approximate surface area is 185 Å². The van der Waals surface area contributed by atoms with Crippen molar-refractivity contribution in [2.24, 2.45) is 0 Å². The molecule has 5 nitrogen and oxygen atoms in total. The molecule has 0 amide bonds. The third-order valence-electron chi connectivity index (χ3n) is 4.77. The van der Waals surface area contributed by atoms with E-state index >= 15 is 0 Å². The molecule has 6 heteroatoms. The van der Waals surface area contributed by atoms with Gasteiger partial charge in [0.25, 0.3) is 0 Å². The Balaban J connectivity index is -0.00000288. The molecule has 0 bridgehead atoms. The molecule has 0 spiro atoms. The van der Waals surface area contributed by atoms with Crippen molar-refractivity contribution in [3.8, 4) is 0 Å². The number of aliphatic carboxylic acids is 1. The molecule has 0 rings (SSSR count). The first-order valence-electron chi connectivity index (χ1n) is 10.5. The monoisotopic (exact) mass is 382 g/mol. The van der Waals surface area contributed by atoms with Gasteiger partial charge >= 0.3 is 35.5 Å². The van der Waals surface area contributed by atoms with E-state index < -0.39 is 5.97 Å². The van der Waals surface area contributed by atoms with Gasteiger partial charge in [0, 0.05) is 13.1 Å². The Morgan fingerprint density at radius 1 is 0.769 bits per heavy atom. The van der Waals surface area contributed by atoms with Gasteiger partial charge < -0.3 is 16.6 Å². The third kappa shape index (κ3) is 20.7. The largest absolute Gasteiger partial charge is 1.00 e. The van der Waals surface area contributed by atoms with Crippen LogP contribution in [0.15, 0.2) is 0 Å². The van der Waals surface area contributed by atoms with Crippen molar-refractivity contribution < 1.29 is 46.1 Å². The summed E-state index contributed by atoms with van der Waals surface area (Å²) in [5.41, 5.74) is 0. The fourth-order valence-electron chi connectivity index (χ4n) is 3.10. The van der Waals surface area contributed by atoms with E-state index in [2.05, 4.69) is 18.7 Å². The number of unbranched alkanes of at least 4 members (excludes halogenated alkanes) is 11. The maximum absolute atomic E-state index is 10.5. The zero-order valence-electron chi connectivity index (χ0n) is 18.7. The number of rotatable bonds is 19. The minimum Gasteiger partial charge on any atom is -1.00 e. The fourth-order valence-corrected chi connectivity index (χ4v) is 3.10. The van der Waals surface area contributed by atoms with Gasteiger partial charge in [-0.25, -0.2) is 0 Å². The second-order valence-electron chi connectivity index (χ2n) is 7.11. The van der Waals surface area contributed by atoms with Crippen LogP contribution < -0.4 is 29.6 Å². The van der Waals surface area contributed by atoms with Gasteiger partial charge in [-0.05, 0) is 19.5 Å². The van der Waals surface area contributed by atoms with Gasteiger partial charge in [-0.15, -0.1) is 0 Å². The van der Waals surface area contributed by atoms with Crippen LogP contribution in [-0.4, -0.2) is 59.0 Å². The summed E-state index contributed by atoms with van der Waals surface area (Å²) in [6.45, 7) is 7.15. The van der Waals surface area contributed by atoms with Gasteiger partial charge in [0.2, 0.25) is 0 Å². The molecule has 152 valence electrons. The zero-order chi connectivity index (χ0) is 18.8. The average Bonchev–Trinajstić information content (AvgIpc) is 2.57. The predicted octanol–water partition coefficient (Wildman–Crippen LogP) is 1.90. The van der Waals surface area contributed by atoms with Crippen molar-refractivity contribution in [1.29, 1.82) is 0 Å². The summed E-state index contributed by atoms with van der Waals surface area (Å²) >= 11 is 0. The van der Waals surface area contributed by atoms with Crippen LogP contribution in [0.2, 0.25) is 0 Å². The van der Waals surface area contributed by atoms with E-state index in [-0.39, 0.29) is 37.5 Å². The van der Waals surface area contributed by atoms with Crippen molar-refractivity contribution in [1.82, 2.24) is 9.96 Å². The Morgan fingerprint density at radius 3 is 1.65 bits per heavy atom. The van der Waals surface area contributed by atoms with Crippen molar-refractivity contribution in [3.05, 3.63) is 0 Å². The van der Waals surface area contributed by atoms with E-state index in [0.717, 1.165) is 24.7 Å². The normalized spacial score (nSPS) is 11.1. The van der Waals surface area contributed by atoms with Gasteiger partial charge in [0.15, 0.2) is 0 Å². The Bertz CT molecular complexity index is 313. The smallest absolute Gasteiger partial charge is 1.00 e. The molecule has 26 heavy (non-hydrogen) atoms. The van der Waals surface area contributed by atoms with Crippen LogP contribution >= 0.6 is 0 Å². The first-order valence-corrected chi connectivity index (χ1v) is 10.5. The molecule has 0 heterocycles. The van der Waals surface area contributed by atoms with Gasteiger partial charge in [-0.1, -0.05) is 84.5 Å². The number of nitrogens with zero attached hydrogens (tertiary/aromatic N) is 2. The molecule has 0 saturated carbocycles. The minimum atomic E-state index is -0.994. The van der Waals surface area contributed by atoms with Crippen molar-refractivity contribution in [2.45, 2.75) is 90.9 Å². The predicted molar refractivity (Wildman–Crippen MR) is 105 cm³/mol. The number of carbonyl (C=O) groups is 1. The minimum absolute atomic E-state index is 0. The molecular formula is C20H43N2NaO3. The summed E-state index contributed by atoms with van der Waals surface area (Å²) in [6.07, 6.45) is 16.3. The standard InChI is InChI=1S/C20H42N2O3.Na.H/c1-3-5-6-7-8-9-10-11-12-13-14-15-16-21(4-2)17-18-22(25)19-20(23)24;;/h25H,3-19H2,1-2H3,(H,23,24);;/q;+1;-1. The van der Waals surface area contributed by atoms with E-state index in [1.54, 1.807) is 0 Å². The van der Waals surface area contributed by atoms with Crippen molar-refractivity contribution in [3.63, 3.8) is 0 Å². The van der Waals surface area contributed by atoms with Crippen molar-refractivity contribution in [2.75, 3.05) is 32.7 Å². The van der Waals surface area contributed by atoms with Crippen LogP contribution in [0.4, 0.5) is 0 Å². The quantitative estimate of drug-likeness (QED) is 0.203. The molecule has 2 N–H and O–H groups in total. The fraction of sp³-hybridized carbons (Fsp3) is 0.950. The molecule has 0 unspecified atom stereocenters. The van der Waals surface area contributed by atoms with Crippen LogP contribution in [-0.2, 0) is 4.79 Å². The number of hydroxylamine groups is 2. The Morgan fingerprint density at radius 2 is 1.23 bits per heavy atom. The van der Waals surface area contributed by atoms with Crippen LogP contribution in [0.1, 0.15) is 92.3 Å². The number of carboxylic acids is 1. The maximum atomic E-state index is 10.5. The number of carboxylic acid groups (broad SMARTS) is 1. The van der Waals surface area contributed by atoms with Gasteiger partial charge in [-0.3, -0.25) is 4.79 Å². The van der Waals surface area contributed by atoms with Crippen molar-refractivity contribution >= 4 is 5.97 Å². The topological polar surface area (TPSA) is 64.0 Å². The van der Waals surface area contributed by atoms with Gasteiger partial charge in [0.05, 0.1) is 0 Å². The molecule has 0 aliphatic carbocycles. The molecule has 0 aliphatic heterocycles. The van der Waals surface area contributed by atoms with Crippen LogP contribution in [0.5, 0.6) is 0 Å². The zero-order valence-corrected chi connectivity index (χ0v) is 19.7. The summed E-state index contributed by atoms with van der Waals surface area (Å²) in [4.78, 5) is 12.8. The molecule has 0 aromatic rings. The van der Waals surface area contributed by atoms with E-state index in [1.165, 1.54) is 77.0 Å². The summed E-state index contributed by atoms with van der Waals surface area (Å²) in [7, 11) is 0. The van der Waals surface area contributed by atoms with Crippen LogP contribution in [0.3, 0.4) is 0 Å². The maximum Gasteiger partial charge on any atom is 1.00 e. The molecule has 0 fully saturated rings. The summed E-state index contributed by atoms with van der Waals surface area (Å²) in [5, 5.41) is 19.0. The number of hydrogen-bond acceptors (Lipinski definition) is 4. The molecule has 0 radical (unpaired) electrons.